The molecule has 3 aromatic rings. The van der Waals surface area contributed by atoms with Crippen molar-refractivity contribution in [3.8, 4) is 0 Å². The van der Waals surface area contributed by atoms with E-state index in [2.05, 4.69) is 15.7 Å². The summed E-state index contributed by atoms with van der Waals surface area (Å²) >= 11 is 13.4. The third-order valence-corrected chi connectivity index (χ3v) is 5.06. The summed E-state index contributed by atoms with van der Waals surface area (Å²) in [5.41, 5.74) is 0.577. The number of nitrogens with zero attached hydrogens (tertiary/aromatic N) is 2. The molecule has 0 saturated carbocycles. The summed E-state index contributed by atoms with van der Waals surface area (Å²) in [6, 6.07) is 10.4. The molecule has 0 spiro atoms. The van der Waals surface area contributed by atoms with Gasteiger partial charge in [-0.3, -0.25) is 4.68 Å². The summed E-state index contributed by atoms with van der Waals surface area (Å²) in [4.78, 5) is 13.2. The molecule has 0 radical (unpaired) electrons. The highest BCUT2D eigenvalue weighted by molar-refractivity contribution is 7.10. The van der Waals surface area contributed by atoms with Gasteiger partial charge in [-0.1, -0.05) is 29.3 Å². The Labute approximate surface area is 153 Å². The van der Waals surface area contributed by atoms with Crippen LogP contribution in [0.4, 0.5) is 10.5 Å². The number of rotatable bonds is 5. The lowest BCUT2D eigenvalue weighted by Gasteiger charge is -2.17. The maximum atomic E-state index is 12.1. The molecule has 2 N–H and O–H groups in total. The van der Waals surface area contributed by atoms with Crippen LogP contribution in [0.15, 0.2) is 54.2 Å². The zero-order valence-corrected chi connectivity index (χ0v) is 14.8. The van der Waals surface area contributed by atoms with E-state index in [0.717, 1.165) is 4.88 Å². The smallest absolute Gasteiger partial charge is 0.319 e. The second-order valence-electron chi connectivity index (χ2n) is 4.98. The van der Waals surface area contributed by atoms with Crippen molar-refractivity contribution in [3.05, 3.63) is 69.1 Å². The van der Waals surface area contributed by atoms with Gasteiger partial charge in [-0.05, 0) is 35.7 Å². The van der Waals surface area contributed by atoms with Crippen molar-refractivity contribution in [1.29, 1.82) is 0 Å². The Morgan fingerprint density at radius 1 is 1.25 bits per heavy atom. The third-order valence-electron chi connectivity index (χ3n) is 3.35. The zero-order valence-electron chi connectivity index (χ0n) is 12.4. The SMILES string of the molecule is O=C(NCC(c1cccs1)n1cccn1)Nc1ccc(Cl)c(Cl)c1. The number of amides is 2. The van der Waals surface area contributed by atoms with Crippen molar-refractivity contribution in [2.45, 2.75) is 6.04 Å². The highest BCUT2D eigenvalue weighted by atomic mass is 35.5. The molecule has 1 unspecified atom stereocenters. The third kappa shape index (κ3) is 4.08. The molecule has 24 heavy (non-hydrogen) atoms. The minimum atomic E-state index is -0.317. The number of hydrogen-bond donors (Lipinski definition) is 2. The Hall–Kier alpha value is -2.02. The number of thiophene rings is 1. The molecule has 0 aliphatic heterocycles. The number of anilines is 1. The van der Waals surface area contributed by atoms with Crippen LogP contribution in [0.3, 0.4) is 0 Å². The number of halogens is 2. The maximum absolute atomic E-state index is 12.1. The lowest BCUT2D eigenvalue weighted by atomic mass is 10.2. The molecular weight excluding hydrogens is 367 g/mol. The molecule has 0 fully saturated rings. The van der Waals surface area contributed by atoms with Crippen LogP contribution >= 0.6 is 34.5 Å². The molecule has 5 nitrogen and oxygen atoms in total. The molecule has 124 valence electrons. The molecule has 1 atom stereocenters. The molecule has 3 rings (SSSR count). The predicted octanol–water partition coefficient (Wildman–Crippen LogP) is 4.66. The number of urea groups is 1. The largest absolute Gasteiger partial charge is 0.335 e. The fraction of sp³-hybridized carbons (Fsp3) is 0.125. The standard InChI is InChI=1S/C16H14Cl2N4OS/c17-12-5-4-11(9-13(12)18)21-16(23)19-10-14(15-3-1-8-24-15)22-7-2-6-20-22/h1-9,14H,10H2,(H2,19,21,23). The number of carbonyl (C=O) groups is 1. The van der Waals surface area contributed by atoms with Crippen LogP contribution in [-0.2, 0) is 0 Å². The van der Waals surface area contributed by atoms with Crippen molar-refractivity contribution in [2.75, 3.05) is 11.9 Å². The van der Waals surface area contributed by atoms with Gasteiger partial charge >= 0.3 is 6.03 Å². The van der Waals surface area contributed by atoms with Gasteiger partial charge in [-0.25, -0.2) is 4.79 Å². The summed E-state index contributed by atoms with van der Waals surface area (Å²) in [5.74, 6) is 0. The molecule has 2 amide bonds. The van der Waals surface area contributed by atoms with Gasteiger partial charge in [-0.2, -0.15) is 5.10 Å². The second kappa shape index (κ2) is 7.70. The Balaban J connectivity index is 1.64. The Bertz CT molecular complexity index is 771. The van der Waals surface area contributed by atoms with E-state index < -0.39 is 0 Å². The molecule has 0 bridgehead atoms. The molecular formula is C16H14Cl2N4OS. The van der Waals surface area contributed by atoms with E-state index in [9.17, 15) is 4.79 Å². The van der Waals surface area contributed by atoms with E-state index in [0.29, 0.717) is 22.3 Å². The van der Waals surface area contributed by atoms with Gasteiger partial charge in [0.15, 0.2) is 0 Å². The maximum Gasteiger partial charge on any atom is 0.319 e. The van der Waals surface area contributed by atoms with Crippen LogP contribution in [0.2, 0.25) is 10.0 Å². The van der Waals surface area contributed by atoms with Crippen molar-refractivity contribution in [1.82, 2.24) is 15.1 Å². The van der Waals surface area contributed by atoms with E-state index in [1.807, 2.05) is 34.5 Å². The van der Waals surface area contributed by atoms with Gasteiger partial charge in [0.2, 0.25) is 0 Å². The van der Waals surface area contributed by atoms with E-state index in [4.69, 9.17) is 23.2 Å². The van der Waals surface area contributed by atoms with Crippen LogP contribution in [0, 0.1) is 0 Å². The number of benzene rings is 1. The van der Waals surface area contributed by atoms with Gasteiger partial charge in [0, 0.05) is 29.5 Å². The van der Waals surface area contributed by atoms with Gasteiger partial charge in [0.1, 0.15) is 6.04 Å². The average Bonchev–Trinajstić information content (AvgIpc) is 3.25. The molecule has 0 aliphatic carbocycles. The van der Waals surface area contributed by atoms with Crippen LogP contribution in [0.5, 0.6) is 0 Å². The van der Waals surface area contributed by atoms with E-state index >= 15 is 0 Å². The molecule has 0 aliphatic rings. The first-order valence-electron chi connectivity index (χ1n) is 7.16. The predicted molar refractivity (Wildman–Crippen MR) is 98.2 cm³/mol. The number of carbonyl (C=O) groups excluding carboxylic acids is 1. The fourth-order valence-corrected chi connectivity index (χ4v) is 3.33. The molecule has 1 aromatic carbocycles. The summed E-state index contributed by atoms with van der Waals surface area (Å²) in [6.07, 6.45) is 3.60. The number of hydrogen-bond acceptors (Lipinski definition) is 3. The Morgan fingerprint density at radius 3 is 2.79 bits per heavy atom. The second-order valence-corrected chi connectivity index (χ2v) is 6.77. The van der Waals surface area contributed by atoms with Crippen LogP contribution in [0.1, 0.15) is 10.9 Å². The molecule has 2 heterocycles. The number of nitrogens with one attached hydrogen (secondary N) is 2. The van der Waals surface area contributed by atoms with Gasteiger partial charge in [0.05, 0.1) is 10.0 Å². The molecule has 8 heteroatoms. The lowest BCUT2D eigenvalue weighted by molar-refractivity contribution is 0.250. The van der Waals surface area contributed by atoms with Crippen LogP contribution in [0.25, 0.3) is 0 Å². The summed E-state index contributed by atoms with van der Waals surface area (Å²) < 4.78 is 1.82. The van der Waals surface area contributed by atoms with Crippen molar-refractivity contribution < 1.29 is 4.79 Å². The fourth-order valence-electron chi connectivity index (χ4n) is 2.21. The average molecular weight is 381 g/mol. The van der Waals surface area contributed by atoms with Crippen LogP contribution < -0.4 is 10.6 Å². The minimum Gasteiger partial charge on any atom is -0.335 e. The first kappa shape index (κ1) is 16.8. The normalized spacial score (nSPS) is 11.9. The topological polar surface area (TPSA) is 59.0 Å². The lowest BCUT2D eigenvalue weighted by Crippen LogP contribution is -2.34. The van der Waals surface area contributed by atoms with Crippen molar-refractivity contribution >= 4 is 46.3 Å². The Morgan fingerprint density at radius 2 is 2.12 bits per heavy atom. The van der Waals surface area contributed by atoms with Gasteiger partial charge in [0.25, 0.3) is 0 Å². The van der Waals surface area contributed by atoms with Crippen molar-refractivity contribution in [2.24, 2.45) is 0 Å². The van der Waals surface area contributed by atoms with Crippen LogP contribution in [-0.4, -0.2) is 22.4 Å². The van der Waals surface area contributed by atoms with Gasteiger partial charge in [-0.15, -0.1) is 11.3 Å². The number of aromatic nitrogens is 2. The first-order chi connectivity index (χ1) is 11.6. The highest BCUT2D eigenvalue weighted by Crippen LogP contribution is 2.25. The highest BCUT2D eigenvalue weighted by Gasteiger charge is 2.16. The van der Waals surface area contributed by atoms with E-state index in [1.54, 1.807) is 35.7 Å². The molecule has 0 saturated heterocycles. The first-order valence-corrected chi connectivity index (χ1v) is 8.79. The summed E-state index contributed by atoms with van der Waals surface area (Å²) in [7, 11) is 0. The summed E-state index contributed by atoms with van der Waals surface area (Å²) in [6.45, 7) is 0.412. The summed E-state index contributed by atoms with van der Waals surface area (Å²) in [5, 5.41) is 12.7. The Kier molecular flexibility index (Phi) is 5.40. The van der Waals surface area contributed by atoms with Crippen molar-refractivity contribution in [3.63, 3.8) is 0 Å². The van der Waals surface area contributed by atoms with Gasteiger partial charge < -0.3 is 10.6 Å². The minimum absolute atomic E-state index is 0.0560. The van der Waals surface area contributed by atoms with E-state index in [-0.39, 0.29) is 12.1 Å². The van der Waals surface area contributed by atoms with E-state index in [1.165, 1.54) is 0 Å². The monoisotopic (exact) mass is 380 g/mol. The quantitative estimate of drug-likeness (QED) is 0.675. The molecule has 2 aromatic heterocycles. The zero-order chi connectivity index (χ0) is 16.9.